The molecule has 96 valence electrons. The van der Waals surface area contributed by atoms with Crippen LogP contribution in [0.25, 0.3) is 10.8 Å². The molecule has 0 unspecified atom stereocenters. The fourth-order valence-corrected chi connectivity index (χ4v) is 2.31. The lowest BCUT2D eigenvalue weighted by Crippen LogP contribution is -1.99. The summed E-state index contributed by atoms with van der Waals surface area (Å²) in [5.41, 5.74) is 2.98. The van der Waals surface area contributed by atoms with Gasteiger partial charge in [-0.2, -0.15) is 5.26 Å². The van der Waals surface area contributed by atoms with Crippen molar-refractivity contribution >= 4 is 16.5 Å². The summed E-state index contributed by atoms with van der Waals surface area (Å²) in [5.74, 6) is 0. The van der Waals surface area contributed by atoms with Crippen molar-refractivity contribution in [1.29, 1.82) is 5.26 Å². The normalized spacial score (nSPS) is 10.2. The Morgan fingerprint density at radius 3 is 2.40 bits per heavy atom. The lowest BCUT2D eigenvalue weighted by Gasteiger charge is -2.09. The van der Waals surface area contributed by atoms with Crippen LogP contribution in [0.1, 0.15) is 11.1 Å². The highest BCUT2D eigenvalue weighted by Gasteiger charge is 2.00. The standard InChI is InChI=1S/C18H14N2/c19-12-14-8-10-17(11-9-14)20-13-16-6-3-5-15-4-1-2-7-18(15)16/h1-11,20H,13H2. The van der Waals surface area contributed by atoms with Crippen LogP contribution in [0.15, 0.2) is 66.7 Å². The first kappa shape index (κ1) is 12.3. The van der Waals surface area contributed by atoms with E-state index in [0.29, 0.717) is 5.56 Å². The van der Waals surface area contributed by atoms with Gasteiger partial charge in [0.15, 0.2) is 0 Å². The summed E-state index contributed by atoms with van der Waals surface area (Å²) in [7, 11) is 0. The number of nitrogens with zero attached hydrogens (tertiary/aromatic N) is 1. The van der Waals surface area contributed by atoms with Gasteiger partial charge in [-0.15, -0.1) is 0 Å². The van der Waals surface area contributed by atoms with Crippen molar-refractivity contribution in [3.05, 3.63) is 77.9 Å². The van der Waals surface area contributed by atoms with Gasteiger partial charge in [0.05, 0.1) is 11.6 Å². The Morgan fingerprint density at radius 2 is 1.60 bits per heavy atom. The van der Waals surface area contributed by atoms with Gasteiger partial charge < -0.3 is 5.32 Å². The molecule has 2 heteroatoms. The largest absolute Gasteiger partial charge is 0.381 e. The molecule has 0 aliphatic heterocycles. The molecule has 2 nitrogen and oxygen atoms in total. The predicted octanol–water partition coefficient (Wildman–Crippen LogP) is 4.32. The van der Waals surface area contributed by atoms with Gasteiger partial charge in [-0.3, -0.25) is 0 Å². The van der Waals surface area contributed by atoms with E-state index in [1.54, 1.807) is 0 Å². The predicted molar refractivity (Wildman–Crippen MR) is 82.4 cm³/mol. The van der Waals surface area contributed by atoms with E-state index in [2.05, 4.69) is 53.9 Å². The minimum Gasteiger partial charge on any atom is -0.381 e. The van der Waals surface area contributed by atoms with E-state index in [4.69, 9.17) is 5.26 Å². The SMILES string of the molecule is N#Cc1ccc(NCc2cccc3ccccc23)cc1. The third-order valence-electron chi connectivity index (χ3n) is 3.38. The number of nitriles is 1. The van der Waals surface area contributed by atoms with Crippen molar-refractivity contribution < 1.29 is 0 Å². The van der Waals surface area contributed by atoms with Crippen LogP contribution in [0, 0.1) is 11.3 Å². The fraction of sp³-hybridized carbons (Fsp3) is 0.0556. The van der Waals surface area contributed by atoms with E-state index in [0.717, 1.165) is 12.2 Å². The first-order chi connectivity index (χ1) is 9.86. The smallest absolute Gasteiger partial charge is 0.0991 e. The van der Waals surface area contributed by atoms with Crippen molar-refractivity contribution in [3.8, 4) is 6.07 Å². The zero-order valence-corrected chi connectivity index (χ0v) is 11.0. The van der Waals surface area contributed by atoms with Crippen LogP contribution in [-0.4, -0.2) is 0 Å². The molecule has 0 aromatic heterocycles. The lowest BCUT2D eigenvalue weighted by atomic mass is 10.0. The maximum absolute atomic E-state index is 8.78. The zero-order chi connectivity index (χ0) is 13.8. The highest BCUT2D eigenvalue weighted by molar-refractivity contribution is 5.85. The molecule has 0 saturated heterocycles. The number of nitrogens with one attached hydrogen (secondary N) is 1. The summed E-state index contributed by atoms with van der Waals surface area (Å²) in [5, 5.41) is 14.7. The average Bonchev–Trinajstić information content (AvgIpc) is 2.53. The Kier molecular flexibility index (Phi) is 3.34. The number of hydrogen-bond donors (Lipinski definition) is 1. The molecule has 0 atom stereocenters. The van der Waals surface area contributed by atoms with Crippen molar-refractivity contribution in [2.75, 3.05) is 5.32 Å². The molecule has 20 heavy (non-hydrogen) atoms. The highest BCUT2D eigenvalue weighted by Crippen LogP contribution is 2.19. The van der Waals surface area contributed by atoms with Gasteiger partial charge in [-0.25, -0.2) is 0 Å². The quantitative estimate of drug-likeness (QED) is 0.759. The zero-order valence-electron chi connectivity index (χ0n) is 11.0. The molecule has 0 saturated carbocycles. The topological polar surface area (TPSA) is 35.8 Å². The Labute approximate surface area is 118 Å². The van der Waals surface area contributed by atoms with Gasteiger partial charge in [0.25, 0.3) is 0 Å². The second-order valence-corrected chi connectivity index (χ2v) is 4.68. The van der Waals surface area contributed by atoms with E-state index in [1.807, 2.05) is 24.3 Å². The van der Waals surface area contributed by atoms with E-state index in [1.165, 1.54) is 16.3 Å². The summed E-state index contributed by atoms with van der Waals surface area (Å²) >= 11 is 0. The second-order valence-electron chi connectivity index (χ2n) is 4.68. The molecule has 0 heterocycles. The molecule has 0 bridgehead atoms. The van der Waals surface area contributed by atoms with Gasteiger partial charge in [-0.1, -0.05) is 42.5 Å². The van der Waals surface area contributed by atoms with E-state index >= 15 is 0 Å². The summed E-state index contributed by atoms with van der Waals surface area (Å²) < 4.78 is 0. The van der Waals surface area contributed by atoms with Crippen LogP contribution < -0.4 is 5.32 Å². The maximum Gasteiger partial charge on any atom is 0.0991 e. The Hall–Kier alpha value is -2.79. The van der Waals surface area contributed by atoms with Crippen LogP contribution in [0.2, 0.25) is 0 Å². The van der Waals surface area contributed by atoms with Crippen molar-refractivity contribution in [2.45, 2.75) is 6.54 Å². The Bertz CT molecular complexity index is 762. The Morgan fingerprint density at radius 1 is 0.850 bits per heavy atom. The van der Waals surface area contributed by atoms with Gasteiger partial charge in [-0.05, 0) is 40.6 Å². The van der Waals surface area contributed by atoms with Gasteiger partial charge >= 0.3 is 0 Å². The van der Waals surface area contributed by atoms with Gasteiger partial charge in [0.2, 0.25) is 0 Å². The van der Waals surface area contributed by atoms with E-state index in [9.17, 15) is 0 Å². The van der Waals surface area contributed by atoms with Gasteiger partial charge in [0, 0.05) is 12.2 Å². The van der Waals surface area contributed by atoms with Crippen LogP contribution in [0.3, 0.4) is 0 Å². The summed E-state index contributed by atoms with van der Waals surface area (Å²) in [4.78, 5) is 0. The van der Waals surface area contributed by atoms with Gasteiger partial charge in [0.1, 0.15) is 0 Å². The molecule has 0 spiro atoms. The van der Waals surface area contributed by atoms with Crippen LogP contribution in [-0.2, 0) is 6.54 Å². The molecular formula is C18H14N2. The molecule has 0 amide bonds. The molecule has 3 rings (SSSR count). The second kappa shape index (κ2) is 5.46. The third-order valence-corrected chi connectivity index (χ3v) is 3.38. The monoisotopic (exact) mass is 258 g/mol. The fourth-order valence-electron chi connectivity index (χ4n) is 2.31. The molecule has 0 aliphatic carbocycles. The summed E-state index contributed by atoms with van der Waals surface area (Å²) in [6.45, 7) is 0.771. The molecule has 3 aromatic carbocycles. The first-order valence-electron chi connectivity index (χ1n) is 6.57. The number of benzene rings is 3. The molecule has 0 radical (unpaired) electrons. The van der Waals surface area contributed by atoms with Crippen molar-refractivity contribution in [2.24, 2.45) is 0 Å². The lowest BCUT2D eigenvalue weighted by molar-refractivity contribution is 1.17. The molecule has 3 aromatic rings. The molecule has 0 aliphatic rings. The molecule has 0 fully saturated rings. The van der Waals surface area contributed by atoms with E-state index < -0.39 is 0 Å². The summed E-state index contributed by atoms with van der Waals surface area (Å²) in [6, 6.07) is 24.4. The first-order valence-corrected chi connectivity index (χ1v) is 6.57. The van der Waals surface area contributed by atoms with Crippen molar-refractivity contribution in [3.63, 3.8) is 0 Å². The maximum atomic E-state index is 8.78. The Balaban J connectivity index is 1.81. The number of rotatable bonds is 3. The summed E-state index contributed by atoms with van der Waals surface area (Å²) in [6.07, 6.45) is 0. The van der Waals surface area contributed by atoms with Crippen LogP contribution in [0.5, 0.6) is 0 Å². The van der Waals surface area contributed by atoms with Crippen LogP contribution >= 0.6 is 0 Å². The average molecular weight is 258 g/mol. The minimum absolute atomic E-state index is 0.681. The third kappa shape index (κ3) is 2.48. The highest BCUT2D eigenvalue weighted by atomic mass is 14.9. The molecule has 1 N–H and O–H groups in total. The van der Waals surface area contributed by atoms with Crippen LogP contribution in [0.4, 0.5) is 5.69 Å². The number of anilines is 1. The number of hydrogen-bond acceptors (Lipinski definition) is 2. The van der Waals surface area contributed by atoms with Crippen molar-refractivity contribution in [1.82, 2.24) is 0 Å². The minimum atomic E-state index is 0.681. The van der Waals surface area contributed by atoms with E-state index in [-0.39, 0.29) is 0 Å². The number of fused-ring (bicyclic) bond motifs is 1. The molecular weight excluding hydrogens is 244 g/mol.